The lowest BCUT2D eigenvalue weighted by molar-refractivity contribution is 0.603. The van der Waals surface area contributed by atoms with Crippen molar-refractivity contribution >= 4 is 11.1 Å². The van der Waals surface area contributed by atoms with Crippen LogP contribution in [-0.4, -0.2) is 29.3 Å². The minimum absolute atomic E-state index is 0.0800. The molecule has 8 nitrogen and oxygen atoms in total. The van der Waals surface area contributed by atoms with Crippen molar-refractivity contribution in [3.63, 3.8) is 0 Å². The van der Waals surface area contributed by atoms with Crippen LogP contribution in [0.25, 0.3) is 39.5 Å². The molecule has 0 aliphatic heterocycles. The molecule has 0 amide bonds. The summed E-state index contributed by atoms with van der Waals surface area (Å²) >= 11 is 0. The van der Waals surface area contributed by atoms with E-state index in [1.807, 2.05) is 30.3 Å². The van der Waals surface area contributed by atoms with Crippen LogP contribution in [0.4, 0.5) is 4.39 Å². The van der Waals surface area contributed by atoms with Gasteiger partial charge in [-0.25, -0.2) is 18.4 Å². The lowest BCUT2D eigenvalue weighted by Gasteiger charge is -2.12. The second-order valence-corrected chi connectivity index (χ2v) is 7.27. The van der Waals surface area contributed by atoms with E-state index >= 15 is 4.39 Å². The summed E-state index contributed by atoms with van der Waals surface area (Å²) in [6, 6.07) is 19.1. The maximum atomic E-state index is 15.3. The van der Waals surface area contributed by atoms with Gasteiger partial charge in [0.15, 0.2) is 11.5 Å². The first-order valence-corrected chi connectivity index (χ1v) is 10.1. The van der Waals surface area contributed by atoms with Crippen molar-refractivity contribution in [2.75, 3.05) is 0 Å². The molecule has 2 aromatic carbocycles. The third-order valence-corrected chi connectivity index (χ3v) is 5.31. The van der Waals surface area contributed by atoms with Crippen molar-refractivity contribution in [3.8, 4) is 28.5 Å². The topological polar surface area (TPSA) is 83.7 Å². The Bertz CT molecular complexity index is 1650. The molecule has 33 heavy (non-hydrogen) atoms. The predicted octanol–water partition coefficient (Wildman–Crippen LogP) is 4.16. The van der Waals surface area contributed by atoms with Crippen LogP contribution in [0, 0.1) is 5.82 Å². The van der Waals surface area contributed by atoms with Crippen molar-refractivity contribution in [1.29, 1.82) is 0 Å². The average molecular weight is 438 g/mol. The van der Waals surface area contributed by atoms with Gasteiger partial charge < -0.3 is 4.42 Å². The fraction of sp³-hybridized carbons (Fsp3) is 0. The molecular formula is C24H15FN6O2. The van der Waals surface area contributed by atoms with E-state index in [4.69, 9.17) is 4.42 Å². The van der Waals surface area contributed by atoms with E-state index in [0.717, 1.165) is 5.69 Å². The minimum Gasteiger partial charge on any atom is -0.458 e. The van der Waals surface area contributed by atoms with Gasteiger partial charge in [-0.2, -0.15) is 15.3 Å². The fourth-order valence-corrected chi connectivity index (χ4v) is 3.79. The molecule has 0 saturated heterocycles. The van der Waals surface area contributed by atoms with Crippen LogP contribution in [0.15, 0.2) is 101 Å². The number of nitrogens with zero attached hydrogens (tertiary/aromatic N) is 6. The maximum Gasteiger partial charge on any atom is 0.252 e. The Balaban J connectivity index is 1.57. The summed E-state index contributed by atoms with van der Waals surface area (Å²) in [6.45, 7) is 0. The van der Waals surface area contributed by atoms with Gasteiger partial charge in [-0.1, -0.05) is 18.2 Å². The number of hydrogen-bond acceptors (Lipinski definition) is 5. The van der Waals surface area contributed by atoms with Gasteiger partial charge in [0.25, 0.3) is 5.43 Å². The Morgan fingerprint density at radius 3 is 2.52 bits per heavy atom. The second kappa shape index (κ2) is 7.41. The zero-order valence-electron chi connectivity index (χ0n) is 17.0. The molecule has 0 saturated carbocycles. The standard InChI is InChI=1S/C24H15FN6O2/c25-18-15-17(29-13-4-11-26-29)7-8-19(18)31-21-10-14-33-24(21)23(32)22(28-31)20-9-12-27-30(20)16-5-2-1-3-6-16/h1-15H. The van der Waals surface area contributed by atoms with Crippen LogP contribution < -0.4 is 5.43 Å². The highest BCUT2D eigenvalue weighted by atomic mass is 19.1. The van der Waals surface area contributed by atoms with Crippen LogP contribution in [-0.2, 0) is 0 Å². The van der Waals surface area contributed by atoms with Crippen molar-refractivity contribution in [2.24, 2.45) is 0 Å². The van der Waals surface area contributed by atoms with Crippen molar-refractivity contribution < 1.29 is 8.81 Å². The highest BCUT2D eigenvalue weighted by molar-refractivity contribution is 5.78. The molecule has 160 valence electrons. The van der Waals surface area contributed by atoms with E-state index in [1.165, 1.54) is 17.0 Å². The number of hydrogen-bond donors (Lipinski definition) is 0. The lowest BCUT2D eigenvalue weighted by Crippen LogP contribution is -2.17. The molecule has 0 bridgehead atoms. The van der Waals surface area contributed by atoms with Gasteiger partial charge in [-0.3, -0.25) is 4.79 Å². The van der Waals surface area contributed by atoms with E-state index in [1.54, 1.807) is 58.3 Å². The molecule has 0 unspecified atom stereocenters. The molecule has 9 heteroatoms. The van der Waals surface area contributed by atoms with E-state index < -0.39 is 11.2 Å². The van der Waals surface area contributed by atoms with Crippen molar-refractivity contribution in [3.05, 3.63) is 108 Å². The smallest absolute Gasteiger partial charge is 0.252 e. The Morgan fingerprint density at radius 2 is 1.73 bits per heavy atom. The van der Waals surface area contributed by atoms with Crippen LogP contribution in [0.1, 0.15) is 0 Å². The normalized spacial score (nSPS) is 11.3. The predicted molar refractivity (Wildman–Crippen MR) is 119 cm³/mol. The monoisotopic (exact) mass is 438 g/mol. The molecule has 4 heterocycles. The fourth-order valence-electron chi connectivity index (χ4n) is 3.79. The summed E-state index contributed by atoms with van der Waals surface area (Å²) in [6.07, 6.45) is 6.31. The first kappa shape index (κ1) is 18.9. The highest BCUT2D eigenvalue weighted by Crippen LogP contribution is 2.25. The molecular weight excluding hydrogens is 423 g/mol. The Labute approximate surface area is 185 Å². The summed E-state index contributed by atoms with van der Waals surface area (Å²) in [4.78, 5) is 13.2. The van der Waals surface area contributed by atoms with Gasteiger partial charge in [-0.05, 0) is 36.4 Å². The van der Waals surface area contributed by atoms with E-state index in [2.05, 4.69) is 15.3 Å². The zero-order chi connectivity index (χ0) is 22.4. The number of benzene rings is 2. The van der Waals surface area contributed by atoms with E-state index in [-0.39, 0.29) is 17.0 Å². The van der Waals surface area contributed by atoms with Crippen LogP contribution in [0.3, 0.4) is 0 Å². The molecule has 0 spiro atoms. The minimum atomic E-state index is -0.524. The molecule has 0 N–H and O–H groups in total. The largest absolute Gasteiger partial charge is 0.458 e. The Kier molecular flexibility index (Phi) is 4.25. The van der Waals surface area contributed by atoms with E-state index in [9.17, 15) is 4.79 Å². The first-order valence-electron chi connectivity index (χ1n) is 10.1. The quantitative estimate of drug-likeness (QED) is 0.413. The van der Waals surface area contributed by atoms with Gasteiger partial charge in [-0.15, -0.1) is 0 Å². The molecule has 0 atom stereocenters. The lowest BCUT2D eigenvalue weighted by atomic mass is 10.2. The van der Waals surface area contributed by atoms with Crippen LogP contribution in [0.5, 0.6) is 0 Å². The van der Waals surface area contributed by atoms with Gasteiger partial charge in [0.05, 0.1) is 29.5 Å². The van der Waals surface area contributed by atoms with Gasteiger partial charge >= 0.3 is 0 Å². The number of rotatable bonds is 4. The Hall–Kier alpha value is -4.79. The third-order valence-electron chi connectivity index (χ3n) is 5.31. The SMILES string of the molecule is O=c1c(-c2ccnn2-c2ccccc2)nn(-c2ccc(-n3cccn3)cc2F)c2ccoc12. The molecule has 6 aromatic rings. The van der Waals surface area contributed by atoms with Crippen molar-refractivity contribution in [2.45, 2.75) is 0 Å². The van der Waals surface area contributed by atoms with Gasteiger partial charge in [0.1, 0.15) is 11.2 Å². The summed E-state index contributed by atoms with van der Waals surface area (Å²) in [5, 5.41) is 13.0. The molecule has 0 radical (unpaired) electrons. The maximum absolute atomic E-state index is 15.3. The van der Waals surface area contributed by atoms with Crippen LogP contribution in [0.2, 0.25) is 0 Å². The molecule has 0 aliphatic carbocycles. The summed E-state index contributed by atoms with van der Waals surface area (Å²) in [7, 11) is 0. The molecule has 0 aliphatic rings. The molecule has 4 aromatic heterocycles. The second-order valence-electron chi connectivity index (χ2n) is 7.27. The number of aromatic nitrogens is 6. The molecule has 0 fully saturated rings. The molecule has 6 rings (SSSR count). The average Bonchev–Trinajstić information content (AvgIpc) is 3.62. The third kappa shape index (κ3) is 3.06. The number of fused-ring (bicyclic) bond motifs is 1. The van der Waals surface area contributed by atoms with Crippen LogP contribution >= 0.6 is 0 Å². The summed E-state index contributed by atoms with van der Waals surface area (Å²) in [5.74, 6) is -0.524. The van der Waals surface area contributed by atoms with Crippen molar-refractivity contribution in [1.82, 2.24) is 29.3 Å². The first-order chi connectivity index (χ1) is 16.2. The number of halogens is 1. The van der Waals surface area contributed by atoms with Gasteiger partial charge in [0, 0.05) is 24.5 Å². The summed E-state index contributed by atoms with van der Waals surface area (Å²) in [5.41, 5.74) is 2.09. The number of furan rings is 1. The highest BCUT2D eigenvalue weighted by Gasteiger charge is 2.21. The zero-order valence-corrected chi connectivity index (χ0v) is 17.0. The Morgan fingerprint density at radius 1 is 0.848 bits per heavy atom. The number of para-hydroxylation sites is 1. The van der Waals surface area contributed by atoms with Gasteiger partial charge in [0.2, 0.25) is 5.58 Å². The van der Waals surface area contributed by atoms with E-state index in [0.29, 0.717) is 16.9 Å². The summed E-state index contributed by atoms with van der Waals surface area (Å²) < 4.78 is 25.3.